The van der Waals surface area contributed by atoms with Gasteiger partial charge >= 0.3 is 5.97 Å². The molecule has 8 heteroatoms. The highest BCUT2D eigenvalue weighted by Crippen LogP contribution is 2.25. The minimum atomic E-state index is -3.67. The Morgan fingerprint density at radius 1 is 1.55 bits per heavy atom. The Morgan fingerprint density at radius 2 is 2.30 bits per heavy atom. The number of carboxylic acids is 1. The van der Waals surface area contributed by atoms with E-state index in [0.29, 0.717) is 32.2 Å². The number of aromatic nitrogens is 2. The van der Waals surface area contributed by atoms with E-state index in [1.807, 2.05) is 6.92 Å². The second-order valence-electron chi connectivity index (χ2n) is 5.06. The minimum Gasteiger partial charge on any atom is -0.481 e. The normalized spacial score (nSPS) is 23.6. The quantitative estimate of drug-likeness (QED) is 0.838. The van der Waals surface area contributed by atoms with Crippen molar-refractivity contribution in [3.05, 3.63) is 12.5 Å². The van der Waals surface area contributed by atoms with E-state index in [-0.39, 0.29) is 11.1 Å². The van der Waals surface area contributed by atoms with Crippen LogP contribution in [-0.2, 0) is 21.4 Å². The number of sulfonamides is 1. The lowest BCUT2D eigenvalue weighted by Crippen LogP contribution is -2.40. The number of aryl methyl sites for hydroxylation is 1. The maximum atomic E-state index is 12.2. The number of nitrogens with zero attached hydrogens (tertiary/aromatic N) is 2. The van der Waals surface area contributed by atoms with Crippen LogP contribution < -0.4 is 4.72 Å². The van der Waals surface area contributed by atoms with Gasteiger partial charge in [-0.2, -0.15) is 0 Å². The zero-order chi connectivity index (χ0) is 14.8. The van der Waals surface area contributed by atoms with E-state index in [1.165, 1.54) is 12.5 Å². The number of aliphatic carboxylic acids is 1. The first kappa shape index (κ1) is 15.0. The summed E-state index contributed by atoms with van der Waals surface area (Å²) < 4.78 is 28.6. The van der Waals surface area contributed by atoms with Gasteiger partial charge in [0.25, 0.3) is 10.0 Å². The van der Waals surface area contributed by atoms with Gasteiger partial charge in [-0.15, -0.1) is 0 Å². The van der Waals surface area contributed by atoms with Gasteiger partial charge in [-0.1, -0.05) is 6.42 Å². The Balaban J connectivity index is 2.06. The largest absolute Gasteiger partial charge is 0.481 e. The molecule has 1 fully saturated rings. The van der Waals surface area contributed by atoms with Crippen molar-refractivity contribution in [3.63, 3.8) is 0 Å². The lowest BCUT2D eigenvalue weighted by atomic mass is 9.86. The zero-order valence-electron chi connectivity index (χ0n) is 11.3. The average Bonchev–Trinajstić information content (AvgIpc) is 2.88. The predicted molar refractivity (Wildman–Crippen MR) is 71.6 cm³/mol. The molecule has 1 aromatic rings. The number of imidazole rings is 1. The molecule has 0 aliphatic heterocycles. The molecule has 112 valence electrons. The van der Waals surface area contributed by atoms with Crippen LogP contribution in [-0.4, -0.2) is 35.1 Å². The summed E-state index contributed by atoms with van der Waals surface area (Å²) in [4.78, 5) is 14.9. The maximum absolute atomic E-state index is 12.2. The van der Waals surface area contributed by atoms with Gasteiger partial charge in [-0.25, -0.2) is 18.1 Å². The number of carbonyl (C=O) groups is 1. The molecule has 1 saturated carbocycles. The molecule has 1 aliphatic rings. The number of nitrogens with one attached hydrogen (secondary N) is 1. The molecule has 0 spiro atoms. The molecule has 0 amide bonds. The molecular formula is C12H19N3O4S. The lowest BCUT2D eigenvalue weighted by molar-refractivity contribution is -0.143. The van der Waals surface area contributed by atoms with Crippen molar-refractivity contribution >= 4 is 16.0 Å². The highest BCUT2D eigenvalue weighted by atomic mass is 32.2. The fourth-order valence-electron chi connectivity index (χ4n) is 2.45. The third-order valence-corrected chi connectivity index (χ3v) is 5.00. The second kappa shape index (κ2) is 5.92. The summed E-state index contributed by atoms with van der Waals surface area (Å²) in [5, 5.41) is 9.00. The van der Waals surface area contributed by atoms with E-state index in [2.05, 4.69) is 9.71 Å². The van der Waals surface area contributed by atoms with Gasteiger partial charge in [0.15, 0.2) is 5.03 Å². The Kier molecular flexibility index (Phi) is 4.44. The molecule has 1 aliphatic carbocycles. The Hall–Kier alpha value is -1.41. The van der Waals surface area contributed by atoms with Gasteiger partial charge in [0.2, 0.25) is 0 Å². The molecule has 0 aromatic carbocycles. The molecule has 2 unspecified atom stereocenters. The molecule has 2 atom stereocenters. The van der Waals surface area contributed by atoms with E-state index < -0.39 is 21.9 Å². The highest BCUT2D eigenvalue weighted by molar-refractivity contribution is 7.89. The van der Waals surface area contributed by atoms with Crippen molar-refractivity contribution < 1.29 is 18.3 Å². The van der Waals surface area contributed by atoms with Gasteiger partial charge in [-0.05, 0) is 26.2 Å². The average molecular weight is 301 g/mol. The molecule has 20 heavy (non-hydrogen) atoms. The van der Waals surface area contributed by atoms with Crippen LogP contribution in [0.4, 0.5) is 0 Å². The van der Waals surface area contributed by atoms with Gasteiger partial charge < -0.3 is 9.67 Å². The van der Waals surface area contributed by atoms with E-state index in [4.69, 9.17) is 5.11 Å². The van der Waals surface area contributed by atoms with Gasteiger partial charge in [0, 0.05) is 18.8 Å². The van der Waals surface area contributed by atoms with Crippen LogP contribution in [0.15, 0.2) is 17.6 Å². The summed E-state index contributed by atoms with van der Waals surface area (Å²) >= 11 is 0. The van der Waals surface area contributed by atoms with Crippen molar-refractivity contribution in [1.29, 1.82) is 0 Å². The minimum absolute atomic E-state index is 0.0169. The monoisotopic (exact) mass is 301 g/mol. The van der Waals surface area contributed by atoms with Crippen molar-refractivity contribution in [2.24, 2.45) is 5.92 Å². The SMILES string of the molecule is CCn1cnc(S(=O)(=O)NC2CCCC(C(=O)O)C2)c1. The van der Waals surface area contributed by atoms with Crippen molar-refractivity contribution in [2.75, 3.05) is 0 Å². The van der Waals surface area contributed by atoms with Crippen LogP contribution in [0.1, 0.15) is 32.6 Å². The van der Waals surface area contributed by atoms with Gasteiger partial charge in [-0.3, -0.25) is 4.79 Å². The molecule has 0 saturated heterocycles. The molecular weight excluding hydrogens is 282 g/mol. The molecule has 0 radical (unpaired) electrons. The van der Waals surface area contributed by atoms with Crippen molar-refractivity contribution in [2.45, 2.75) is 50.2 Å². The maximum Gasteiger partial charge on any atom is 0.306 e. The third-order valence-electron chi connectivity index (χ3n) is 3.60. The van der Waals surface area contributed by atoms with Crippen LogP contribution in [0.5, 0.6) is 0 Å². The van der Waals surface area contributed by atoms with Crippen LogP contribution >= 0.6 is 0 Å². The molecule has 1 aromatic heterocycles. The first-order chi connectivity index (χ1) is 9.42. The van der Waals surface area contributed by atoms with Crippen molar-refractivity contribution in [3.8, 4) is 0 Å². The van der Waals surface area contributed by atoms with E-state index in [1.54, 1.807) is 4.57 Å². The zero-order valence-corrected chi connectivity index (χ0v) is 12.1. The summed E-state index contributed by atoms with van der Waals surface area (Å²) in [5.74, 6) is -1.33. The van der Waals surface area contributed by atoms with Gasteiger partial charge in [0.1, 0.15) is 0 Å². The Labute approximate surface area is 118 Å². The standard InChI is InChI=1S/C12H19N3O4S/c1-2-15-7-11(13-8-15)20(18,19)14-10-5-3-4-9(6-10)12(16)17/h7-10,14H,2-6H2,1H3,(H,16,17). The lowest BCUT2D eigenvalue weighted by Gasteiger charge is -2.26. The van der Waals surface area contributed by atoms with Gasteiger partial charge in [0.05, 0.1) is 12.2 Å². The smallest absolute Gasteiger partial charge is 0.306 e. The van der Waals surface area contributed by atoms with Crippen LogP contribution in [0, 0.1) is 5.92 Å². The summed E-state index contributed by atoms with van der Waals surface area (Å²) in [6.45, 7) is 2.54. The summed E-state index contributed by atoms with van der Waals surface area (Å²) in [6.07, 6.45) is 5.27. The number of carboxylic acid groups (broad SMARTS) is 1. The number of hydrogen-bond donors (Lipinski definition) is 2. The fourth-order valence-corrected chi connectivity index (χ4v) is 3.69. The third kappa shape index (κ3) is 3.37. The topological polar surface area (TPSA) is 101 Å². The highest BCUT2D eigenvalue weighted by Gasteiger charge is 2.30. The van der Waals surface area contributed by atoms with Crippen LogP contribution in [0.3, 0.4) is 0 Å². The first-order valence-electron chi connectivity index (χ1n) is 6.69. The Bertz CT molecular complexity index is 581. The van der Waals surface area contributed by atoms with E-state index >= 15 is 0 Å². The van der Waals surface area contributed by atoms with E-state index in [0.717, 1.165) is 0 Å². The Morgan fingerprint density at radius 3 is 2.90 bits per heavy atom. The van der Waals surface area contributed by atoms with Crippen LogP contribution in [0.25, 0.3) is 0 Å². The second-order valence-corrected chi connectivity index (χ2v) is 6.72. The summed E-state index contributed by atoms with van der Waals surface area (Å²) in [6, 6.07) is -0.332. The first-order valence-corrected chi connectivity index (χ1v) is 8.17. The van der Waals surface area contributed by atoms with Crippen molar-refractivity contribution in [1.82, 2.24) is 14.3 Å². The fraction of sp³-hybridized carbons (Fsp3) is 0.667. The van der Waals surface area contributed by atoms with Crippen LogP contribution in [0.2, 0.25) is 0 Å². The molecule has 1 heterocycles. The number of rotatable bonds is 5. The number of hydrogen-bond acceptors (Lipinski definition) is 4. The summed E-state index contributed by atoms with van der Waals surface area (Å²) in [5.41, 5.74) is 0. The predicted octanol–water partition coefficient (Wildman–Crippen LogP) is 0.825. The molecule has 0 bridgehead atoms. The van der Waals surface area contributed by atoms with E-state index in [9.17, 15) is 13.2 Å². The molecule has 2 N–H and O–H groups in total. The molecule has 2 rings (SSSR count). The summed E-state index contributed by atoms with van der Waals surface area (Å²) in [7, 11) is -3.67. The molecule has 7 nitrogen and oxygen atoms in total.